The summed E-state index contributed by atoms with van der Waals surface area (Å²) in [7, 11) is 0. The number of aliphatic hydroxyl groups is 10. The second kappa shape index (κ2) is 22.7. The molecule has 0 bridgehead atoms. The maximum Gasteiger partial charge on any atom is 0.328 e. The lowest BCUT2D eigenvalue weighted by Crippen LogP contribution is -2.68. The molecule has 3 aliphatic rings. The molecule has 3 fully saturated rings. The van der Waals surface area contributed by atoms with E-state index in [1.807, 2.05) is 0 Å². The van der Waals surface area contributed by atoms with Crippen LogP contribution in [0.2, 0.25) is 0 Å². The van der Waals surface area contributed by atoms with Crippen LogP contribution in [0.3, 0.4) is 0 Å². The third kappa shape index (κ3) is 13.4. The first-order valence-electron chi connectivity index (χ1n) is 19.1. The number of nitrogens with one attached hydrogen (secondary N) is 4. The fraction of sp³-hybridized carbons (Fsp3) is 0.853. The minimum Gasteiger partial charge on any atom is -0.480 e. The van der Waals surface area contributed by atoms with Crippen LogP contribution in [0.1, 0.15) is 40.5 Å². The minimum atomic E-state index is -1.94. The Kier molecular flexibility index (Phi) is 19.3. The predicted molar refractivity (Wildman–Crippen MR) is 194 cm³/mol. The molecule has 3 heterocycles. The first-order valence-corrected chi connectivity index (χ1v) is 19.1. The van der Waals surface area contributed by atoms with E-state index in [1.165, 1.54) is 0 Å². The number of hydrogen-bond donors (Lipinski definition) is 16. The number of carbonyl (C=O) groups excluding carboxylic acids is 4. The van der Waals surface area contributed by atoms with Crippen LogP contribution in [0.5, 0.6) is 0 Å². The molecule has 26 nitrogen and oxygen atoms in total. The summed E-state index contributed by atoms with van der Waals surface area (Å²) >= 11 is 0. The lowest BCUT2D eigenvalue weighted by molar-refractivity contribution is -0.335. The van der Waals surface area contributed by atoms with Gasteiger partial charge in [0.2, 0.25) is 23.6 Å². The third-order valence-corrected chi connectivity index (χ3v) is 9.91. The molecule has 3 saturated heterocycles. The monoisotopic (exact) mass is 873 g/mol. The molecule has 0 aromatic carbocycles. The van der Waals surface area contributed by atoms with Crippen molar-refractivity contribution in [2.24, 2.45) is 11.7 Å². The summed E-state index contributed by atoms with van der Waals surface area (Å²) in [5.74, 6) is -5.39. The normalized spacial score (nSPS) is 36.6. The van der Waals surface area contributed by atoms with Gasteiger partial charge in [-0.25, -0.2) is 4.79 Å². The van der Waals surface area contributed by atoms with Crippen LogP contribution in [0, 0.1) is 5.92 Å². The molecule has 26 heteroatoms. The van der Waals surface area contributed by atoms with E-state index < -0.39 is 172 Å². The molecule has 0 aromatic rings. The number of rotatable bonds is 19. The minimum absolute atomic E-state index is 0.0136. The molecular weight excluding hydrogens is 814 g/mol. The van der Waals surface area contributed by atoms with Gasteiger partial charge < -0.3 is 107 Å². The zero-order chi connectivity index (χ0) is 45.3. The number of aliphatic hydroxyl groups excluding tert-OH is 10. The highest BCUT2D eigenvalue weighted by molar-refractivity contribution is 5.93. The van der Waals surface area contributed by atoms with E-state index in [-0.39, 0.29) is 12.3 Å². The van der Waals surface area contributed by atoms with Crippen molar-refractivity contribution in [2.75, 3.05) is 19.8 Å². The summed E-state index contributed by atoms with van der Waals surface area (Å²) in [6.07, 6.45) is -26.4. The van der Waals surface area contributed by atoms with Crippen LogP contribution >= 0.6 is 0 Å². The highest BCUT2D eigenvalue weighted by Gasteiger charge is 2.50. The zero-order valence-electron chi connectivity index (χ0n) is 33.2. The average molecular weight is 874 g/mol. The molecule has 346 valence electrons. The van der Waals surface area contributed by atoms with Crippen LogP contribution in [-0.4, -0.2) is 222 Å². The first-order chi connectivity index (χ1) is 28.0. The van der Waals surface area contributed by atoms with Crippen molar-refractivity contribution in [1.82, 2.24) is 21.3 Å². The van der Waals surface area contributed by atoms with Crippen molar-refractivity contribution in [3.05, 3.63) is 0 Å². The van der Waals surface area contributed by atoms with Gasteiger partial charge >= 0.3 is 5.97 Å². The van der Waals surface area contributed by atoms with Crippen LogP contribution in [0.15, 0.2) is 0 Å². The van der Waals surface area contributed by atoms with Crippen molar-refractivity contribution in [3.63, 3.8) is 0 Å². The van der Waals surface area contributed by atoms with E-state index >= 15 is 0 Å². The van der Waals surface area contributed by atoms with Crippen molar-refractivity contribution >= 4 is 29.6 Å². The molecule has 0 saturated carbocycles. The number of carboxylic acid groups (broad SMARTS) is 1. The van der Waals surface area contributed by atoms with Gasteiger partial charge in [-0.2, -0.15) is 0 Å². The Bertz CT molecular complexity index is 1450. The van der Waals surface area contributed by atoms with Crippen LogP contribution < -0.4 is 27.0 Å². The van der Waals surface area contributed by atoms with Gasteiger partial charge in [0.15, 0.2) is 24.8 Å². The molecule has 4 amide bonds. The Labute approximate surface area is 342 Å². The SMILES string of the molecule is CC(=O)N[C@@H]1[C@@H](O)[C@H](O)[C@@H](CO[C@@H]2O[C@H](CO[C@@H]3O[C@H](CO)[C@H](O)[C@H](O)[C@H]3O)[C@H](O)[C@H](O)[C@H]2O)O[C@H]1NC(=O)C[C@H](N)C(=O)N[C@@H](CC(C)C)C(=O)N[C@H](C(=O)O)[C@@H](C)O. The van der Waals surface area contributed by atoms with E-state index in [2.05, 4.69) is 21.3 Å². The number of amides is 4. The first kappa shape index (κ1) is 51.1. The smallest absolute Gasteiger partial charge is 0.328 e. The Morgan fingerprint density at radius 3 is 1.67 bits per heavy atom. The number of nitrogens with two attached hydrogens (primary N) is 1. The van der Waals surface area contributed by atoms with Crippen LogP contribution in [0.25, 0.3) is 0 Å². The van der Waals surface area contributed by atoms with E-state index in [0.29, 0.717) is 0 Å². The summed E-state index contributed by atoms with van der Waals surface area (Å²) in [5.41, 5.74) is 5.97. The van der Waals surface area contributed by atoms with Crippen molar-refractivity contribution in [2.45, 2.75) is 157 Å². The summed E-state index contributed by atoms with van der Waals surface area (Å²) in [5, 5.41) is 121. The molecule has 19 atom stereocenters. The molecule has 0 radical (unpaired) electrons. The maximum absolute atomic E-state index is 13.2. The van der Waals surface area contributed by atoms with Gasteiger partial charge in [0, 0.05) is 6.92 Å². The molecule has 17 N–H and O–H groups in total. The zero-order valence-corrected chi connectivity index (χ0v) is 33.2. The maximum atomic E-state index is 13.2. The van der Waals surface area contributed by atoms with Crippen LogP contribution in [0.4, 0.5) is 0 Å². The highest BCUT2D eigenvalue weighted by Crippen LogP contribution is 2.28. The quantitative estimate of drug-likeness (QED) is 0.0573. The van der Waals surface area contributed by atoms with E-state index in [1.54, 1.807) is 13.8 Å². The van der Waals surface area contributed by atoms with Gasteiger partial charge in [0.25, 0.3) is 0 Å². The molecule has 0 aliphatic carbocycles. The molecular formula is C34H59N5O21. The number of ether oxygens (including phenoxy) is 5. The topological polar surface area (TPSA) is 428 Å². The van der Waals surface area contributed by atoms with Crippen molar-refractivity contribution in [1.29, 1.82) is 0 Å². The summed E-state index contributed by atoms with van der Waals surface area (Å²) in [6.45, 7) is 3.45. The number of hydrogen-bond acceptors (Lipinski definition) is 21. The van der Waals surface area contributed by atoms with E-state index in [0.717, 1.165) is 13.8 Å². The van der Waals surface area contributed by atoms with Gasteiger partial charge in [0.1, 0.15) is 79.2 Å². The molecule has 0 spiro atoms. The number of carbonyl (C=O) groups is 5. The second-order valence-electron chi connectivity index (χ2n) is 15.3. The van der Waals surface area contributed by atoms with E-state index in [4.69, 9.17) is 29.4 Å². The fourth-order valence-corrected chi connectivity index (χ4v) is 6.53. The third-order valence-electron chi connectivity index (χ3n) is 9.91. The molecule has 0 unspecified atom stereocenters. The van der Waals surface area contributed by atoms with Crippen molar-refractivity contribution in [3.8, 4) is 0 Å². The fourth-order valence-electron chi connectivity index (χ4n) is 6.53. The predicted octanol–water partition coefficient (Wildman–Crippen LogP) is -9.11. The summed E-state index contributed by atoms with van der Waals surface area (Å²) in [4.78, 5) is 62.6. The van der Waals surface area contributed by atoms with Gasteiger partial charge in [-0.15, -0.1) is 0 Å². The number of aliphatic carboxylic acids is 1. The van der Waals surface area contributed by atoms with Crippen molar-refractivity contribution < 1.29 is 104 Å². The molecule has 60 heavy (non-hydrogen) atoms. The van der Waals surface area contributed by atoms with Gasteiger partial charge in [-0.05, 0) is 19.3 Å². The average Bonchev–Trinajstić information content (AvgIpc) is 3.17. The van der Waals surface area contributed by atoms with Crippen LogP contribution in [-0.2, 0) is 47.7 Å². The Balaban J connectivity index is 1.67. The van der Waals surface area contributed by atoms with Gasteiger partial charge in [0.05, 0.1) is 38.4 Å². The Morgan fingerprint density at radius 2 is 1.18 bits per heavy atom. The highest BCUT2D eigenvalue weighted by atomic mass is 16.7. The standard InChI is InChI=1S/C34H59N5O21/c1-10(2)5-14(30(53)39-19(11(3)41)32(54)55)37-29(52)13(35)6-18(43)38-31-20(36-12(4)42)24(47)22(45)16(58-31)8-56-34-28(51)26(49)23(46)17(60-34)9-57-33-27(50)25(48)21(44)15(7-40)59-33/h10-11,13-17,19-28,31,33-34,40-41,44-51H,5-9,35H2,1-4H3,(H,36,42)(H,37,52)(H,38,43)(H,39,53)(H,54,55)/t11-,13+,14+,15-,16-,17-,19+,20-,21+,22-,23+,24-,25+,26+,27-,28-,31-,33-,34-/m1/s1. The Morgan fingerprint density at radius 1 is 0.683 bits per heavy atom. The van der Waals surface area contributed by atoms with Gasteiger partial charge in [-0.3, -0.25) is 19.2 Å². The summed E-state index contributed by atoms with van der Waals surface area (Å²) < 4.78 is 27.5. The van der Waals surface area contributed by atoms with Gasteiger partial charge in [-0.1, -0.05) is 13.8 Å². The second-order valence-corrected chi connectivity index (χ2v) is 15.3. The number of carboxylic acids is 1. The summed E-state index contributed by atoms with van der Waals surface area (Å²) in [6, 6.07) is -6.14. The molecule has 0 aromatic heterocycles. The molecule has 3 rings (SSSR count). The lowest BCUT2D eigenvalue weighted by Gasteiger charge is -2.45. The Hall–Kier alpha value is -3.29. The molecule has 3 aliphatic heterocycles. The van der Waals surface area contributed by atoms with E-state index in [9.17, 15) is 80.1 Å². The largest absolute Gasteiger partial charge is 0.480 e. The lowest BCUT2D eigenvalue weighted by atomic mass is 9.95.